The molecule has 24 heavy (non-hydrogen) atoms. The Morgan fingerprint density at radius 1 is 1.46 bits per heavy atom. The molecule has 2 atom stereocenters. The van der Waals surface area contributed by atoms with Crippen LogP contribution in [0, 0.1) is 0 Å². The molecule has 3 N–H and O–H groups in total. The summed E-state index contributed by atoms with van der Waals surface area (Å²) < 4.78 is 0. The molecule has 1 fully saturated rings. The summed E-state index contributed by atoms with van der Waals surface area (Å²) >= 11 is 1.47. The summed E-state index contributed by atoms with van der Waals surface area (Å²) in [5, 5.41) is 10.5. The summed E-state index contributed by atoms with van der Waals surface area (Å²) in [6.07, 6.45) is 0. The molecule has 0 spiro atoms. The van der Waals surface area contributed by atoms with E-state index in [1.54, 1.807) is 12.4 Å². The minimum atomic E-state index is -0.576. The van der Waals surface area contributed by atoms with Crippen LogP contribution >= 0.6 is 11.3 Å². The van der Waals surface area contributed by atoms with Crippen molar-refractivity contribution >= 4 is 29.2 Å². The second kappa shape index (κ2) is 7.61. The SMILES string of the molecule is CC(CN(C)C(=O)c1csc(C(C)C)n1)NC(=O)[C@@H]1CNC(=O)N1. The van der Waals surface area contributed by atoms with Crippen molar-refractivity contribution in [2.45, 2.75) is 38.8 Å². The Morgan fingerprint density at radius 3 is 2.71 bits per heavy atom. The van der Waals surface area contributed by atoms with Crippen LogP contribution < -0.4 is 16.0 Å². The van der Waals surface area contributed by atoms with Gasteiger partial charge in [-0.05, 0) is 6.92 Å². The normalized spacial score (nSPS) is 18.0. The molecule has 1 aliphatic rings. The number of rotatable bonds is 6. The standard InChI is InChI=1S/C15H23N5O3S/c1-8(2)13-18-11(7-24-13)14(22)20(4)6-9(3)17-12(21)10-5-16-15(23)19-10/h7-10H,5-6H2,1-4H3,(H,17,21)(H2,16,19,23)/t9?,10-/m0/s1. The maximum absolute atomic E-state index is 12.4. The smallest absolute Gasteiger partial charge is 0.315 e. The average molecular weight is 353 g/mol. The van der Waals surface area contributed by atoms with E-state index in [1.165, 1.54) is 16.2 Å². The van der Waals surface area contributed by atoms with Crippen LogP contribution in [-0.4, -0.2) is 60.0 Å². The highest BCUT2D eigenvalue weighted by Crippen LogP contribution is 2.19. The number of likely N-dealkylation sites (N-methyl/N-ethyl adjacent to an activating group) is 1. The molecule has 1 unspecified atom stereocenters. The molecule has 1 aromatic rings. The largest absolute Gasteiger partial charge is 0.350 e. The molecule has 1 aliphatic heterocycles. The Morgan fingerprint density at radius 2 is 2.17 bits per heavy atom. The van der Waals surface area contributed by atoms with Crippen LogP contribution in [0.15, 0.2) is 5.38 Å². The third-order valence-corrected chi connectivity index (χ3v) is 4.75. The van der Waals surface area contributed by atoms with Crippen LogP contribution in [0.3, 0.4) is 0 Å². The number of urea groups is 1. The molecule has 0 aromatic carbocycles. The minimum Gasteiger partial charge on any atom is -0.350 e. The van der Waals surface area contributed by atoms with Gasteiger partial charge >= 0.3 is 6.03 Å². The van der Waals surface area contributed by atoms with Crippen LogP contribution in [0.1, 0.15) is 42.2 Å². The van der Waals surface area contributed by atoms with Gasteiger partial charge in [0.25, 0.3) is 5.91 Å². The van der Waals surface area contributed by atoms with Crippen molar-refractivity contribution in [1.82, 2.24) is 25.8 Å². The van der Waals surface area contributed by atoms with E-state index in [9.17, 15) is 14.4 Å². The van der Waals surface area contributed by atoms with E-state index < -0.39 is 6.04 Å². The first-order valence-corrected chi connectivity index (χ1v) is 8.71. The Hall–Kier alpha value is -2.16. The Bertz CT molecular complexity index is 630. The number of nitrogens with zero attached hydrogens (tertiary/aromatic N) is 2. The highest BCUT2D eigenvalue weighted by Gasteiger charge is 2.28. The van der Waals surface area contributed by atoms with E-state index in [4.69, 9.17) is 0 Å². The lowest BCUT2D eigenvalue weighted by Gasteiger charge is -2.22. The second-order valence-electron chi connectivity index (χ2n) is 6.23. The molecular weight excluding hydrogens is 330 g/mol. The van der Waals surface area contributed by atoms with Crippen LogP contribution in [0.25, 0.3) is 0 Å². The first-order chi connectivity index (χ1) is 11.3. The van der Waals surface area contributed by atoms with Gasteiger partial charge in [-0.3, -0.25) is 9.59 Å². The third kappa shape index (κ3) is 4.44. The molecule has 0 saturated carbocycles. The predicted molar refractivity (Wildman–Crippen MR) is 91.1 cm³/mol. The van der Waals surface area contributed by atoms with E-state index in [0.29, 0.717) is 12.2 Å². The van der Waals surface area contributed by atoms with Crippen molar-refractivity contribution in [2.75, 3.05) is 20.1 Å². The summed E-state index contributed by atoms with van der Waals surface area (Å²) in [6.45, 7) is 6.50. The van der Waals surface area contributed by atoms with E-state index in [1.807, 2.05) is 20.8 Å². The third-order valence-electron chi connectivity index (χ3n) is 3.61. The molecule has 1 aromatic heterocycles. The van der Waals surface area contributed by atoms with E-state index >= 15 is 0 Å². The van der Waals surface area contributed by atoms with Crippen molar-refractivity contribution in [3.8, 4) is 0 Å². The molecule has 4 amide bonds. The van der Waals surface area contributed by atoms with Crippen molar-refractivity contribution < 1.29 is 14.4 Å². The number of carbonyl (C=O) groups is 3. The van der Waals surface area contributed by atoms with E-state index in [0.717, 1.165) is 5.01 Å². The summed E-state index contributed by atoms with van der Waals surface area (Å²) in [5.41, 5.74) is 0.428. The Kier molecular flexibility index (Phi) is 5.76. The Balaban J connectivity index is 1.85. The van der Waals surface area contributed by atoms with Gasteiger partial charge in [0.05, 0.1) is 5.01 Å². The van der Waals surface area contributed by atoms with E-state index in [-0.39, 0.29) is 36.3 Å². The minimum absolute atomic E-state index is 0.171. The predicted octanol–water partition coefficient (Wildman–Crippen LogP) is 0.525. The van der Waals surface area contributed by atoms with Gasteiger partial charge < -0.3 is 20.9 Å². The quantitative estimate of drug-likeness (QED) is 0.694. The lowest BCUT2D eigenvalue weighted by Crippen LogP contribution is -2.49. The zero-order valence-corrected chi connectivity index (χ0v) is 15.1. The topological polar surface area (TPSA) is 103 Å². The van der Waals surface area contributed by atoms with Gasteiger partial charge in [0.2, 0.25) is 5.91 Å². The first-order valence-electron chi connectivity index (χ1n) is 7.83. The highest BCUT2D eigenvalue weighted by atomic mass is 32.1. The van der Waals surface area contributed by atoms with Crippen molar-refractivity contribution in [3.05, 3.63) is 16.1 Å². The molecule has 0 radical (unpaired) electrons. The van der Waals surface area contributed by atoms with Crippen LogP contribution in [0.5, 0.6) is 0 Å². The average Bonchev–Trinajstić information content (AvgIpc) is 3.15. The molecular formula is C15H23N5O3S. The summed E-state index contributed by atoms with van der Waals surface area (Å²) in [4.78, 5) is 41.4. The van der Waals surface area contributed by atoms with Crippen molar-refractivity contribution in [2.24, 2.45) is 0 Å². The highest BCUT2D eigenvalue weighted by molar-refractivity contribution is 7.09. The summed E-state index contributed by atoms with van der Waals surface area (Å²) in [6, 6.07) is -1.17. The molecule has 9 heteroatoms. The Labute approximate surface area is 145 Å². The molecule has 1 saturated heterocycles. The van der Waals surface area contributed by atoms with Gasteiger partial charge in [-0.1, -0.05) is 13.8 Å². The van der Waals surface area contributed by atoms with Gasteiger partial charge in [0, 0.05) is 37.5 Å². The maximum atomic E-state index is 12.4. The number of nitrogens with one attached hydrogen (secondary N) is 3. The van der Waals surface area contributed by atoms with Gasteiger partial charge in [0.1, 0.15) is 11.7 Å². The zero-order chi connectivity index (χ0) is 17.9. The van der Waals surface area contributed by atoms with Crippen molar-refractivity contribution in [3.63, 3.8) is 0 Å². The molecule has 2 rings (SSSR count). The lowest BCUT2D eigenvalue weighted by molar-refractivity contribution is -0.123. The number of hydrogen-bond acceptors (Lipinski definition) is 5. The first kappa shape index (κ1) is 18.2. The van der Waals surface area contributed by atoms with Gasteiger partial charge in [-0.2, -0.15) is 0 Å². The van der Waals surface area contributed by atoms with Crippen LogP contribution in [-0.2, 0) is 4.79 Å². The van der Waals surface area contributed by atoms with Crippen LogP contribution in [0.4, 0.5) is 4.79 Å². The van der Waals surface area contributed by atoms with Crippen LogP contribution in [0.2, 0.25) is 0 Å². The number of carbonyl (C=O) groups excluding carboxylic acids is 3. The fourth-order valence-electron chi connectivity index (χ4n) is 2.34. The molecule has 0 bridgehead atoms. The fourth-order valence-corrected chi connectivity index (χ4v) is 3.15. The van der Waals surface area contributed by atoms with E-state index in [2.05, 4.69) is 20.9 Å². The van der Waals surface area contributed by atoms with Gasteiger partial charge in [-0.15, -0.1) is 11.3 Å². The molecule has 0 aliphatic carbocycles. The van der Waals surface area contributed by atoms with Crippen molar-refractivity contribution in [1.29, 1.82) is 0 Å². The molecule has 8 nitrogen and oxygen atoms in total. The lowest BCUT2D eigenvalue weighted by atomic mass is 10.2. The summed E-state index contributed by atoms with van der Waals surface area (Å²) in [7, 11) is 1.68. The molecule has 132 valence electrons. The van der Waals surface area contributed by atoms with Gasteiger partial charge in [0.15, 0.2) is 0 Å². The molecule has 2 heterocycles. The second-order valence-corrected chi connectivity index (χ2v) is 7.12. The van der Waals surface area contributed by atoms with Gasteiger partial charge in [-0.25, -0.2) is 9.78 Å². The number of thiazole rings is 1. The summed E-state index contributed by atoms with van der Waals surface area (Å²) in [5.74, 6) is -0.150. The number of amides is 4. The number of aromatic nitrogens is 1. The fraction of sp³-hybridized carbons (Fsp3) is 0.600. The number of hydrogen-bond donors (Lipinski definition) is 3. The maximum Gasteiger partial charge on any atom is 0.315 e. The zero-order valence-electron chi connectivity index (χ0n) is 14.3. The monoisotopic (exact) mass is 353 g/mol.